The normalized spacial score (nSPS) is 21.4. The third-order valence-electron chi connectivity index (χ3n) is 6.38. The number of likely N-dealkylation sites (tertiary alicyclic amines) is 1. The van der Waals surface area contributed by atoms with Crippen LogP contribution in [0.4, 0.5) is 11.6 Å². The number of para-hydroxylation sites is 1. The summed E-state index contributed by atoms with van der Waals surface area (Å²) in [5.74, 6) is 0.802. The van der Waals surface area contributed by atoms with Crippen LogP contribution in [-0.4, -0.2) is 47.4 Å². The van der Waals surface area contributed by atoms with Gasteiger partial charge in [-0.1, -0.05) is 30.3 Å². The number of aromatic nitrogens is 2. The van der Waals surface area contributed by atoms with E-state index in [2.05, 4.69) is 20.6 Å². The van der Waals surface area contributed by atoms with Crippen molar-refractivity contribution in [2.24, 2.45) is 0 Å². The van der Waals surface area contributed by atoms with E-state index in [0.29, 0.717) is 30.2 Å². The van der Waals surface area contributed by atoms with E-state index in [9.17, 15) is 9.59 Å². The molecule has 32 heavy (non-hydrogen) atoms. The zero-order valence-electron chi connectivity index (χ0n) is 17.8. The lowest BCUT2D eigenvalue weighted by molar-refractivity contribution is -0.121. The van der Waals surface area contributed by atoms with Gasteiger partial charge in [-0.3, -0.25) is 9.59 Å². The van der Waals surface area contributed by atoms with Gasteiger partial charge in [0.25, 0.3) is 5.91 Å². The summed E-state index contributed by atoms with van der Waals surface area (Å²) in [5, 5.41) is 5.88. The van der Waals surface area contributed by atoms with Crippen LogP contribution in [0.2, 0.25) is 0 Å². The molecule has 8 heteroatoms. The second-order valence-corrected chi connectivity index (χ2v) is 7.94. The lowest BCUT2D eigenvalue weighted by atomic mass is 9.72. The van der Waals surface area contributed by atoms with Gasteiger partial charge in [0, 0.05) is 31.7 Å². The molecule has 2 amide bonds. The highest BCUT2D eigenvalue weighted by molar-refractivity contribution is 6.08. The van der Waals surface area contributed by atoms with Crippen molar-refractivity contribution >= 4 is 23.5 Å². The van der Waals surface area contributed by atoms with Crippen molar-refractivity contribution in [2.45, 2.75) is 17.9 Å². The van der Waals surface area contributed by atoms with Crippen LogP contribution in [0.5, 0.6) is 5.75 Å². The van der Waals surface area contributed by atoms with Crippen molar-refractivity contribution in [3.63, 3.8) is 0 Å². The van der Waals surface area contributed by atoms with E-state index in [1.165, 1.54) is 12.4 Å². The molecule has 1 saturated heterocycles. The van der Waals surface area contributed by atoms with Crippen molar-refractivity contribution in [1.82, 2.24) is 14.9 Å². The fraction of sp³-hybridized carbons (Fsp3) is 0.250. The molecule has 2 atom stereocenters. The fourth-order valence-corrected chi connectivity index (χ4v) is 4.91. The van der Waals surface area contributed by atoms with Gasteiger partial charge in [0.1, 0.15) is 11.2 Å². The molecule has 162 valence electrons. The number of methoxy groups -OCH3 is 1. The molecule has 3 heterocycles. The van der Waals surface area contributed by atoms with Gasteiger partial charge in [0.05, 0.1) is 18.7 Å². The molecule has 0 bridgehead atoms. The molecule has 2 aliphatic heterocycles. The van der Waals surface area contributed by atoms with Gasteiger partial charge in [0.2, 0.25) is 11.9 Å². The standard InChI is InChI=1S/C24H23N5O3/c1-25-23-26-13-16(14-27-23)21(30)29-11-10-24(18-8-3-4-9-19(18)28-22(24)31)20(29)15-6-5-7-17(12-15)32-2/h3-9,12-14,20H,10-11H2,1-2H3,(H,28,31)(H,25,26,27)/t20-,24+/m0/s1. The molecule has 8 nitrogen and oxygen atoms in total. The minimum Gasteiger partial charge on any atom is -0.497 e. The summed E-state index contributed by atoms with van der Waals surface area (Å²) in [6.07, 6.45) is 3.54. The number of amides is 2. The number of benzene rings is 2. The third kappa shape index (κ3) is 2.90. The van der Waals surface area contributed by atoms with Crippen molar-refractivity contribution in [2.75, 3.05) is 31.3 Å². The molecule has 0 saturated carbocycles. The lowest BCUT2D eigenvalue weighted by Gasteiger charge is -2.34. The topological polar surface area (TPSA) is 96.5 Å². The van der Waals surface area contributed by atoms with E-state index in [1.54, 1.807) is 19.1 Å². The fourth-order valence-electron chi connectivity index (χ4n) is 4.91. The largest absolute Gasteiger partial charge is 0.497 e. The number of hydrogen-bond acceptors (Lipinski definition) is 6. The maximum atomic E-state index is 13.6. The Balaban J connectivity index is 1.64. The maximum absolute atomic E-state index is 13.6. The molecule has 1 spiro atoms. The monoisotopic (exact) mass is 429 g/mol. The Hall–Kier alpha value is -3.94. The van der Waals surface area contributed by atoms with Gasteiger partial charge in [-0.05, 0) is 35.7 Å². The Labute approximate surface area is 185 Å². The smallest absolute Gasteiger partial charge is 0.257 e. The summed E-state index contributed by atoms with van der Waals surface area (Å²) in [4.78, 5) is 37.2. The number of nitrogens with zero attached hydrogens (tertiary/aromatic N) is 3. The predicted octanol–water partition coefficient (Wildman–Crippen LogP) is 3.00. The molecule has 2 aliphatic rings. The van der Waals surface area contributed by atoms with Gasteiger partial charge >= 0.3 is 0 Å². The molecular formula is C24H23N5O3. The number of nitrogens with one attached hydrogen (secondary N) is 2. The molecule has 5 rings (SSSR count). The minimum atomic E-state index is -0.885. The van der Waals surface area contributed by atoms with Crippen LogP contribution in [0.3, 0.4) is 0 Å². The maximum Gasteiger partial charge on any atom is 0.257 e. The first kappa shape index (κ1) is 20.0. The number of anilines is 2. The molecule has 0 aliphatic carbocycles. The van der Waals surface area contributed by atoms with Crippen LogP contribution in [0.15, 0.2) is 60.9 Å². The first-order chi connectivity index (χ1) is 15.6. The Morgan fingerprint density at radius 3 is 2.72 bits per heavy atom. The van der Waals surface area contributed by atoms with Crippen LogP contribution in [0.25, 0.3) is 0 Å². The number of ether oxygens (including phenoxy) is 1. The van der Waals surface area contributed by atoms with E-state index < -0.39 is 11.5 Å². The Kier molecular flexibility index (Phi) is 4.77. The summed E-state index contributed by atoms with van der Waals surface area (Å²) in [5.41, 5.74) is 2.04. The molecule has 3 aromatic rings. The van der Waals surface area contributed by atoms with Crippen LogP contribution < -0.4 is 15.4 Å². The quantitative estimate of drug-likeness (QED) is 0.662. The van der Waals surface area contributed by atoms with Crippen molar-refractivity contribution in [1.29, 1.82) is 0 Å². The molecular weight excluding hydrogens is 406 g/mol. The van der Waals surface area contributed by atoms with E-state index in [4.69, 9.17) is 4.74 Å². The van der Waals surface area contributed by atoms with Crippen LogP contribution in [0.1, 0.15) is 33.9 Å². The SMILES string of the molecule is CNc1ncc(C(=O)N2CC[C@]3(C(=O)Nc4ccccc43)[C@@H]2c2cccc(OC)c2)cn1. The highest BCUT2D eigenvalue weighted by atomic mass is 16.5. The van der Waals surface area contributed by atoms with Crippen LogP contribution >= 0.6 is 0 Å². The Morgan fingerprint density at radius 1 is 1.19 bits per heavy atom. The van der Waals surface area contributed by atoms with Gasteiger partial charge in [-0.2, -0.15) is 0 Å². The zero-order chi connectivity index (χ0) is 22.3. The second kappa shape index (κ2) is 7.64. The molecule has 1 fully saturated rings. The molecule has 1 aromatic heterocycles. The van der Waals surface area contributed by atoms with Gasteiger partial charge in [0.15, 0.2) is 0 Å². The van der Waals surface area contributed by atoms with Gasteiger partial charge in [-0.25, -0.2) is 9.97 Å². The van der Waals surface area contributed by atoms with Crippen molar-refractivity contribution < 1.29 is 14.3 Å². The molecule has 0 unspecified atom stereocenters. The highest BCUT2D eigenvalue weighted by Crippen LogP contribution is 2.55. The average Bonchev–Trinajstić information content (AvgIpc) is 3.38. The first-order valence-electron chi connectivity index (χ1n) is 10.4. The number of rotatable bonds is 4. The van der Waals surface area contributed by atoms with E-state index in [0.717, 1.165) is 16.8 Å². The summed E-state index contributed by atoms with van der Waals surface area (Å²) in [6.45, 7) is 0.427. The summed E-state index contributed by atoms with van der Waals surface area (Å²) in [6, 6.07) is 14.8. The lowest BCUT2D eigenvalue weighted by Crippen LogP contribution is -2.42. The van der Waals surface area contributed by atoms with Gasteiger partial charge < -0.3 is 20.3 Å². The second-order valence-electron chi connectivity index (χ2n) is 7.94. The summed E-state index contributed by atoms with van der Waals surface area (Å²) < 4.78 is 5.44. The Bertz CT molecular complexity index is 1200. The minimum absolute atomic E-state index is 0.0939. The summed E-state index contributed by atoms with van der Waals surface area (Å²) >= 11 is 0. The van der Waals surface area contributed by atoms with Crippen LogP contribution in [-0.2, 0) is 10.2 Å². The summed E-state index contributed by atoms with van der Waals surface area (Å²) in [7, 11) is 3.32. The molecule has 2 aromatic carbocycles. The van der Waals surface area contributed by atoms with Gasteiger partial charge in [-0.15, -0.1) is 0 Å². The number of carbonyl (C=O) groups excluding carboxylic acids is 2. The van der Waals surface area contributed by atoms with Crippen molar-refractivity contribution in [3.05, 3.63) is 77.6 Å². The first-order valence-corrected chi connectivity index (χ1v) is 10.4. The highest BCUT2D eigenvalue weighted by Gasteiger charge is 2.59. The van der Waals surface area contributed by atoms with E-state index >= 15 is 0 Å². The Morgan fingerprint density at radius 2 is 1.97 bits per heavy atom. The van der Waals surface area contributed by atoms with E-state index in [1.807, 2.05) is 48.5 Å². The van der Waals surface area contributed by atoms with Crippen molar-refractivity contribution in [3.8, 4) is 5.75 Å². The third-order valence-corrected chi connectivity index (χ3v) is 6.38. The number of carbonyl (C=O) groups is 2. The molecule has 2 N–H and O–H groups in total. The predicted molar refractivity (Wildman–Crippen MR) is 120 cm³/mol. The number of hydrogen-bond donors (Lipinski definition) is 2. The van der Waals surface area contributed by atoms with E-state index in [-0.39, 0.29) is 11.8 Å². The number of fused-ring (bicyclic) bond motifs is 2. The van der Waals surface area contributed by atoms with Crippen LogP contribution in [0, 0.1) is 0 Å². The average molecular weight is 429 g/mol. The zero-order valence-corrected chi connectivity index (χ0v) is 17.8. The molecule has 0 radical (unpaired) electrons.